The summed E-state index contributed by atoms with van der Waals surface area (Å²) in [6.07, 6.45) is 1.76. The summed E-state index contributed by atoms with van der Waals surface area (Å²) >= 11 is 11.9. The second-order valence-electron chi connectivity index (χ2n) is 5.93. The van der Waals surface area contributed by atoms with Gasteiger partial charge in [-0.25, -0.2) is 8.42 Å². The molecule has 1 unspecified atom stereocenters. The Morgan fingerprint density at radius 2 is 1.74 bits per heavy atom. The first kappa shape index (κ1) is 17.5. The molecular weight excluding hydrogens is 359 g/mol. The molecule has 2 aliphatic rings. The molecule has 0 saturated carbocycles. The van der Waals surface area contributed by atoms with Gasteiger partial charge in [-0.1, -0.05) is 23.2 Å². The minimum atomic E-state index is -3.58. The fourth-order valence-electron chi connectivity index (χ4n) is 3.20. The van der Waals surface area contributed by atoms with Crippen LogP contribution in [-0.4, -0.2) is 63.1 Å². The Hall–Kier alpha value is -0.370. The van der Waals surface area contributed by atoms with Crippen molar-refractivity contribution in [1.29, 1.82) is 0 Å². The normalized spacial score (nSPS) is 24.2. The van der Waals surface area contributed by atoms with Crippen molar-refractivity contribution in [1.82, 2.24) is 9.21 Å². The molecule has 1 aromatic rings. The number of ether oxygens (including phenoxy) is 1. The number of rotatable bonds is 4. The fourth-order valence-corrected chi connectivity index (χ4v) is 5.61. The van der Waals surface area contributed by atoms with E-state index in [1.54, 1.807) is 4.31 Å². The highest BCUT2D eigenvalue weighted by Gasteiger charge is 2.36. The van der Waals surface area contributed by atoms with Crippen LogP contribution in [0.2, 0.25) is 10.0 Å². The van der Waals surface area contributed by atoms with Crippen molar-refractivity contribution in [3.8, 4) is 0 Å². The van der Waals surface area contributed by atoms with E-state index in [9.17, 15) is 8.42 Å². The summed E-state index contributed by atoms with van der Waals surface area (Å²) in [5.74, 6) is 0. The molecule has 0 N–H and O–H groups in total. The summed E-state index contributed by atoms with van der Waals surface area (Å²) in [5.41, 5.74) is 0. The third-order valence-corrected chi connectivity index (χ3v) is 6.70. The molecule has 3 rings (SSSR count). The van der Waals surface area contributed by atoms with E-state index < -0.39 is 10.0 Å². The number of sulfonamides is 1. The Balaban J connectivity index is 1.80. The summed E-state index contributed by atoms with van der Waals surface area (Å²) < 4.78 is 32.9. The summed E-state index contributed by atoms with van der Waals surface area (Å²) in [5, 5.41) is 0.667. The van der Waals surface area contributed by atoms with E-state index in [4.69, 9.17) is 27.9 Å². The van der Waals surface area contributed by atoms with Crippen molar-refractivity contribution in [2.24, 2.45) is 0 Å². The molecule has 0 aliphatic carbocycles. The molecule has 128 valence electrons. The Morgan fingerprint density at radius 3 is 2.39 bits per heavy atom. The van der Waals surface area contributed by atoms with Gasteiger partial charge in [-0.3, -0.25) is 4.90 Å². The number of halogens is 2. The average molecular weight is 379 g/mol. The zero-order chi connectivity index (χ0) is 16.4. The van der Waals surface area contributed by atoms with E-state index in [-0.39, 0.29) is 10.9 Å². The van der Waals surface area contributed by atoms with Gasteiger partial charge in [0, 0.05) is 42.3 Å². The van der Waals surface area contributed by atoms with Crippen LogP contribution in [0.4, 0.5) is 0 Å². The van der Waals surface area contributed by atoms with E-state index in [1.165, 1.54) is 18.2 Å². The lowest BCUT2D eigenvalue weighted by Crippen LogP contribution is -2.46. The first-order valence-electron chi connectivity index (χ1n) is 7.75. The van der Waals surface area contributed by atoms with Crippen LogP contribution >= 0.6 is 23.2 Å². The third-order valence-electron chi connectivity index (χ3n) is 4.34. The molecule has 2 saturated heterocycles. The van der Waals surface area contributed by atoms with Gasteiger partial charge in [0.15, 0.2) is 0 Å². The quantitative estimate of drug-likeness (QED) is 0.807. The first-order chi connectivity index (χ1) is 11.0. The number of morpholine rings is 1. The van der Waals surface area contributed by atoms with E-state index in [2.05, 4.69) is 4.90 Å². The van der Waals surface area contributed by atoms with Gasteiger partial charge in [0.05, 0.1) is 18.1 Å². The van der Waals surface area contributed by atoms with Crippen molar-refractivity contribution in [2.45, 2.75) is 23.8 Å². The van der Waals surface area contributed by atoms with Gasteiger partial charge in [-0.05, 0) is 31.0 Å². The second kappa shape index (κ2) is 7.25. The largest absolute Gasteiger partial charge is 0.379 e. The maximum Gasteiger partial charge on any atom is 0.243 e. The molecule has 1 atom stereocenters. The molecule has 0 aromatic heterocycles. The topological polar surface area (TPSA) is 49.9 Å². The lowest BCUT2D eigenvalue weighted by molar-refractivity contribution is 0.0312. The molecule has 2 aliphatic heterocycles. The molecule has 2 fully saturated rings. The Bertz CT molecular complexity index is 642. The van der Waals surface area contributed by atoms with Crippen LogP contribution in [0.15, 0.2) is 23.1 Å². The van der Waals surface area contributed by atoms with E-state index >= 15 is 0 Å². The van der Waals surface area contributed by atoms with Gasteiger partial charge in [-0.15, -0.1) is 0 Å². The Labute approximate surface area is 147 Å². The third kappa shape index (κ3) is 4.00. The number of hydrogen-bond donors (Lipinski definition) is 0. The maximum absolute atomic E-state index is 13.0. The lowest BCUT2D eigenvalue weighted by atomic mass is 10.2. The molecular formula is C15H20Cl2N2O3S. The van der Waals surface area contributed by atoms with Crippen LogP contribution in [0.1, 0.15) is 12.8 Å². The van der Waals surface area contributed by atoms with Gasteiger partial charge in [0.25, 0.3) is 0 Å². The van der Waals surface area contributed by atoms with Gasteiger partial charge in [0.2, 0.25) is 10.0 Å². The molecule has 0 bridgehead atoms. The minimum absolute atomic E-state index is 0.00384. The summed E-state index contributed by atoms with van der Waals surface area (Å²) in [6, 6.07) is 4.47. The molecule has 2 heterocycles. The standard InChI is InChI=1S/C15H20Cl2N2O3S/c16-12-8-13(17)10-15(9-12)23(20,21)19-3-1-2-14(19)11-18-4-6-22-7-5-18/h8-10,14H,1-7,11H2. The number of benzene rings is 1. The number of hydrogen-bond acceptors (Lipinski definition) is 4. The summed E-state index contributed by atoms with van der Waals surface area (Å²) in [7, 11) is -3.58. The molecule has 5 nitrogen and oxygen atoms in total. The maximum atomic E-state index is 13.0. The van der Waals surface area contributed by atoms with E-state index in [1.807, 2.05) is 0 Å². The molecule has 0 spiro atoms. The van der Waals surface area contributed by atoms with Gasteiger partial charge < -0.3 is 4.74 Å². The van der Waals surface area contributed by atoms with Crippen LogP contribution in [0.3, 0.4) is 0 Å². The SMILES string of the molecule is O=S(=O)(c1cc(Cl)cc(Cl)c1)N1CCCC1CN1CCOCC1. The zero-order valence-electron chi connectivity index (χ0n) is 12.7. The highest BCUT2D eigenvalue weighted by atomic mass is 35.5. The summed E-state index contributed by atoms with van der Waals surface area (Å²) in [4.78, 5) is 2.44. The molecule has 23 heavy (non-hydrogen) atoms. The zero-order valence-corrected chi connectivity index (χ0v) is 15.1. The van der Waals surface area contributed by atoms with E-state index in [0.29, 0.717) is 29.8 Å². The van der Waals surface area contributed by atoms with Crippen molar-refractivity contribution < 1.29 is 13.2 Å². The van der Waals surface area contributed by atoms with Crippen LogP contribution in [0.5, 0.6) is 0 Å². The second-order valence-corrected chi connectivity index (χ2v) is 8.69. The highest BCUT2D eigenvalue weighted by Crippen LogP contribution is 2.30. The van der Waals surface area contributed by atoms with Crippen molar-refractivity contribution in [2.75, 3.05) is 39.4 Å². The number of nitrogens with zero attached hydrogens (tertiary/aromatic N) is 2. The predicted octanol–water partition coefficient (Wildman–Crippen LogP) is 2.48. The van der Waals surface area contributed by atoms with Crippen LogP contribution in [0, 0.1) is 0 Å². The monoisotopic (exact) mass is 378 g/mol. The van der Waals surface area contributed by atoms with Gasteiger partial charge in [0.1, 0.15) is 0 Å². The molecule has 0 amide bonds. The van der Waals surface area contributed by atoms with E-state index in [0.717, 1.165) is 32.5 Å². The van der Waals surface area contributed by atoms with Crippen LogP contribution < -0.4 is 0 Å². The van der Waals surface area contributed by atoms with Crippen molar-refractivity contribution in [3.05, 3.63) is 28.2 Å². The highest BCUT2D eigenvalue weighted by molar-refractivity contribution is 7.89. The first-order valence-corrected chi connectivity index (χ1v) is 9.94. The fraction of sp³-hybridized carbons (Fsp3) is 0.600. The smallest absolute Gasteiger partial charge is 0.243 e. The van der Waals surface area contributed by atoms with Gasteiger partial charge >= 0.3 is 0 Å². The lowest BCUT2D eigenvalue weighted by Gasteiger charge is -2.32. The average Bonchev–Trinajstić information content (AvgIpc) is 2.96. The molecule has 0 radical (unpaired) electrons. The van der Waals surface area contributed by atoms with Crippen LogP contribution in [0.25, 0.3) is 0 Å². The van der Waals surface area contributed by atoms with Gasteiger partial charge in [-0.2, -0.15) is 4.31 Å². The minimum Gasteiger partial charge on any atom is -0.379 e. The predicted molar refractivity (Wildman–Crippen MR) is 90.6 cm³/mol. The Kier molecular flexibility index (Phi) is 5.50. The molecule has 1 aromatic carbocycles. The van der Waals surface area contributed by atoms with Crippen LogP contribution in [-0.2, 0) is 14.8 Å². The molecule has 8 heteroatoms. The summed E-state index contributed by atoms with van der Waals surface area (Å²) in [6.45, 7) is 4.42. The van der Waals surface area contributed by atoms with Crippen molar-refractivity contribution in [3.63, 3.8) is 0 Å². The van der Waals surface area contributed by atoms with Crippen molar-refractivity contribution >= 4 is 33.2 Å². The Morgan fingerprint density at radius 1 is 1.09 bits per heavy atom.